The molecule has 2 atom stereocenters. The van der Waals surface area contributed by atoms with Crippen molar-refractivity contribution in [3.8, 4) is 5.75 Å². The molecule has 0 aliphatic heterocycles. The second-order valence-corrected chi connectivity index (χ2v) is 3.82. The van der Waals surface area contributed by atoms with E-state index in [1.165, 1.54) is 0 Å². The Morgan fingerprint density at radius 2 is 1.94 bits per heavy atom. The first-order valence-electron chi connectivity index (χ1n) is 5.50. The highest BCUT2D eigenvalue weighted by Crippen LogP contribution is 2.20. The third-order valence-electron chi connectivity index (χ3n) is 2.36. The molecular weight excluding hydrogens is 238 g/mol. The van der Waals surface area contributed by atoms with Gasteiger partial charge in [-0.25, -0.2) is 4.79 Å². The zero-order valence-corrected chi connectivity index (χ0v) is 10.0. The summed E-state index contributed by atoms with van der Waals surface area (Å²) in [6.07, 6.45) is -1.90. The van der Waals surface area contributed by atoms with Crippen LogP contribution in [0.2, 0.25) is 0 Å². The molecule has 1 aromatic rings. The van der Waals surface area contributed by atoms with Gasteiger partial charge in [-0.2, -0.15) is 0 Å². The summed E-state index contributed by atoms with van der Waals surface area (Å²) in [4.78, 5) is 10.3. The Morgan fingerprint density at radius 3 is 2.44 bits per heavy atom. The molecule has 1 aromatic carbocycles. The number of nitrogens with one attached hydrogen (secondary N) is 1. The van der Waals surface area contributed by atoms with E-state index in [4.69, 9.17) is 9.84 Å². The van der Waals surface area contributed by atoms with E-state index >= 15 is 0 Å². The van der Waals surface area contributed by atoms with Gasteiger partial charge in [-0.15, -0.1) is 0 Å². The minimum absolute atomic E-state index is 0.276. The number of hydrogen-bond acceptors (Lipinski definition) is 5. The molecule has 0 amide bonds. The van der Waals surface area contributed by atoms with Crippen LogP contribution >= 0.6 is 0 Å². The molecule has 0 aliphatic carbocycles. The fraction of sp³-hybridized carbons (Fsp3) is 0.417. The van der Waals surface area contributed by atoms with E-state index in [1.807, 2.05) is 0 Å². The maximum absolute atomic E-state index is 10.3. The van der Waals surface area contributed by atoms with Crippen LogP contribution in [0.15, 0.2) is 24.3 Å². The number of carbonyl (C=O) groups is 1. The lowest BCUT2D eigenvalue weighted by molar-refractivity contribution is -0.139. The van der Waals surface area contributed by atoms with Crippen LogP contribution in [0.4, 0.5) is 0 Å². The Labute approximate surface area is 105 Å². The molecule has 0 fully saturated rings. The smallest absolute Gasteiger partial charge is 0.341 e. The zero-order chi connectivity index (χ0) is 13.5. The van der Waals surface area contributed by atoms with Gasteiger partial charge < -0.3 is 25.4 Å². The van der Waals surface area contributed by atoms with Crippen molar-refractivity contribution < 1.29 is 24.9 Å². The second-order valence-electron chi connectivity index (χ2n) is 3.82. The third kappa shape index (κ3) is 4.33. The van der Waals surface area contributed by atoms with Crippen molar-refractivity contribution in [1.82, 2.24) is 5.32 Å². The molecule has 0 bridgehead atoms. The van der Waals surface area contributed by atoms with E-state index in [1.54, 1.807) is 31.3 Å². The lowest BCUT2D eigenvalue weighted by atomic mass is 10.0. The molecule has 1 rings (SSSR count). The predicted molar refractivity (Wildman–Crippen MR) is 64.5 cm³/mol. The van der Waals surface area contributed by atoms with Gasteiger partial charge in [0.05, 0.1) is 6.10 Å². The monoisotopic (exact) mass is 255 g/mol. The summed E-state index contributed by atoms with van der Waals surface area (Å²) < 4.78 is 4.95. The first-order valence-corrected chi connectivity index (χ1v) is 5.50. The molecule has 0 saturated carbocycles. The number of ether oxygens (including phenoxy) is 1. The van der Waals surface area contributed by atoms with E-state index in [9.17, 15) is 15.0 Å². The van der Waals surface area contributed by atoms with Gasteiger partial charge >= 0.3 is 5.97 Å². The van der Waals surface area contributed by atoms with Crippen LogP contribution in [-0.2, 0) is 4.79 Å². The normalized spacial score (nSPS) is 13.9. The first kappa shape index (κ1) is 14.4. The van der Waals surface area contributed by atoms with E-state index in [0.29, 0.717) is 11.3 Å². The standard InChI is InChI=1S/C12H17NO5/c1-13-6-10(14)12(17)8-2-4-9(5-3-8)18-7-11(15)16/h2-5,10,12-14,17H,6-7H2,1H3,(H,15,16). The highest BCUT2D eigenvalue weighted by atomic mass is 16.5. The van der Waals surface area contributed by atoms with Gasteiger partial charge in [-0.3, -0.25) is 0 Å². The van der Waals surface area contributed by atoms with Crippen molar-refractivity contribution in [1.29, 1.82) is 0 Å². The average molecular weight is 255 g/mol. The van der Waals surface area contributed by atoms with Crippen molar-refractivity contribution in [3.63, 3.8) is 0 Å². The summed E-state index contributed by atoms with van der Waals surface area (Å²) in [6.45, 7) is -0.136. The van der Waals surface area contributed by atoms with Crippen LogP contribution in [-0.4, -0.2) is 47.6 Å². The molecule has 0 saturated heterocycles. The zero-order valence-electron chi connectivity index (χ0n) is 10.0. The molecule has 0 aliphatic rings. The SMILES string of the molecule is CNCC(O)C(O)c1ccc(OCC(=O)O)cc1. The van der Waals surface area contributed by atoms with Crippen LogP contribution in [0.5, 0.6) is 5.75 Å². The quantitative estimate of drug-likeness (QED) is 0.537. The number of carboxylic acids is 1. The van der Waals surface area contributed by atoms with E-state index in [-0.39, 0.29) is 6.54 Å². The summed E-state index contributed by atoms with van der Waals surface area (Å²) in [7, 11) is 1.68. The number of aliphatic hydroxyl groups excluding tert-OH is 2. The first-order chi connectivity index (χ1) is 8.54. The summed E-state index contributed by atoms with van der Waals surface area (Å²) in [5.74, 6) is -0.653. The molecule has 100 valence electrons. The minimum Gasteiger partial charge on any atom is -0.482 e. The van der Waals surface area contributed by atoms with Gasteiger partial charge in [0.1, 0.15) is 11.9 Å². The van der Waals surface area contributed by atoms with Crippen molar-refractivity contribution in [2.45, 2.75) is 12.2 Å². The average Bonchev–Trinajstić information content (AvgIpc) is 2.36. The summed E-state index contributed by atoms with van der Waals surface area (Å²) in [6, 6.07) is 6.27. The van der Waals surface area contributed by atoms with Gasteiger partial charge in [-0.1, -0.05) is 12.1 Å². The van der Waals surface area contributed by atoms with Crippen LogP contribution in [0.1, 0.15) is 11.7 Å². The number of likely N-dealkylation sites (N-methyl/N-ethyl adjacent to an activating group) is 1. The number of rotatable bonds is 7. The maximum Gasteiger partial charge on any atom is 0.341 e. The number of carboxylic acid groups (broad SMARTS) is 1. The van der Waals surface area contributed by atoms with Crippen LogP contribution < -0.4 is 10.1 Å². The van der Waals surface area contributed by atoms with Gasteiger partial charge in [0.15, 0.2) is 6.61 Å². The van der Waals surface area contributed by atoms with Crippen molar-refractivity contribution in [3.05, 3.63) is 29.8 Å². The van der Waals surface area contributed by atoms with Gasteiger partial charge in [0, 0.05) is 6.54 Å². The van der Waals surface area contributed by atoms with Crippen LogP contribution in [0.3, 0.4) is 0 Å². The van der Waals surface area contributed by atoms with Gasteiger partial charge in [0.2, 0.25) is 0 Å². The number of aliphatic hydroxyl groups is 2. The van der Waals surface area contributed by atoms with E-state index in [0.717, 1.165) is 0 Å². The summed E-state index contributed by atoms with van der Waals surface area (Å²) in [5.41, 5.74) is 0.542. The maximum atomic E-state index is 10.3. The highest BCUT2D eigenvalue weighted by molar-refractivity contribution is 5.68. The van der Waals surface area contributed by atoms with Crippen molar-refractivity contribution >= 4 is 5.97 Å². The third-order valence-corrected chi connectivity index (χ3v) is 2.36. The predicted octanol–water partition coefficient (Wildman–Crippen LogP) is -0.236. The fourth-order valence-corrected chi connectivity index (χ4v) is 1.45. The van der Waals surface area contributed by atoms with Crippen molar-refractivity contribution in [2.24, 2.45) is 0 Å². The molecule has 18 heavy (non-hydrogen) atoms. The van der Waals surface area contributed by atoms with Gasteiger partial charge in [-0.05, 0) is 24.7 Å². The molecule has 4 N–H and O–H groups in total. The van der Waals surface area contributed by atoms with E-state index < -0.39 is 24.8 Å². The Kier molecular flexibility index (Phi) is 5.57. The topological polar surface area (TPSA) is 99.0 Å². The second kappa shape index (κ2) is 6.95. The Balaban J connectivity index is 2.61. The van der Waals surface area contributed by atoms with Crippen LogP contribution in [0, 0.1) is 0 Å². The van der Waals surface area contributed by atoms with E-state index in [2.05, 4.69) is 5.32 Å². The molecule has 0 heterocycles. The van der Waals surface area contributed by atoms with Crippen molar-refractivity contribution in [2.75, 3.05) is 20.2 Å². The highest BCUT2D eigenvalue weighted by Gasteiger charge is 2.17. The molecule has 0 radical (unpaired) electrons. The number of aliphatic carboxylic acids is 1. The molecule has 2 unspecified atom stereocenters. The Bertz CT molecular complexity index is 379. The Morgan fingerprint density at radius 1 is 1.33 bits per heavy atom. The summed E-state index contributed by atoms with van der Waals surface area (Å²) in [5, 5.41) is 30.6. The minimum atomic E-state index is -1.05. The number of benzene rings is 1. The fourth-order valence-electron chi connectivity index (χ4n) is 1.45. The summed E-state index contributed by atoms with van der Waals surface area (Å²) >= 11 is 0. The Hall–Kier alpha value is -1.63. The largest absolute Gasteiger partial charge is 0.482 e. The number of hydrogen-bond donors (Lipinski definition) is 4. The molecule has 0 aromatic heterocycles. The van der Waals surface area contributed by atoms with Gasteiger partial charge in [0.25, 0.3) is 0 Å². The lowest BCUT2D eigenvalue weighted by Gasteiger charge is -2.18. The lowest BCUT2D eigenvalue weighted by Crippen LogP contribution is -2.29. The van der Waals surface area contributed by atoms with Crippen LogP contribution in [0.25, 0.3) is 0 Å². The molecule has 6 heteroatoms. The molecule has 6 nitrogen and oxygen atoms in total. The molecular formula is C12H17NO5. The molecule has 0 spiro atoms.